The van der Waals surface area contributed by atoms with Crippen LogP contribution in [0.4, 0.5) is 4.39 Å². The molecule has 20 heavy (non-hydrogen) atoms. The molecule has 0 aliphatic heterocycles. The molecule has 0 spiro atoms. The number of nitrogens with one attached hydrogen (secondary N) is 1. The van der Waals surface area contributed by atoms with Crippen molar-refractivity contribution in [1.82, 2.24) is 5.32 Å². The molecule has 0 aliphatic rings. The van der Waals surface area contributed by atoms with Crippen LogP contribution < -0.4 is 10.1 Å². The van der Waals surface area contributed by atoms with Crippen LogP contribution in [0.2, 0.25) is 5.02 Å². The van der Waals surface area contributed by atoms with Crippen LogP contribution in [0, 0.1) is 12.7 Å². The van der Waals surface area contributed by atoms with Gasteiger partial charge in [0.05, 0.1) is 11.6 Å². The minimum Gasteiger partial charge on any atom is -0.489 e. The minimum atomic E-state index is -0.452. The Hall–Kier alpha value is -1.52. The third-order valence-corrected chi connectivity index (χ3v) is 3.20. The molecule has 2 rings (SSSR count). The average molecular weight is 298 g/mol. The molecule has 1 N–H and O–H groups in total. The number of ether oxygens (including phenoxy) is 1. The van der Waals surface area contributed by atoms with Crippen LogP contribution in [0.5, 0.6) is 5.75 Å². The number of halogens is 2. The van der Waals surface area contributed by atoms with Crippen molar-refractivity contribution in [3.05, 3.63) is 52.2 Å². The standard InChI is InChI=1S/C15H17ClFNO2/c1-3-18-8-13-6-11(10(2)20-13)9-19-12-4-5-15(17)14(16)7-12/h4-7,18H,3,8-9H2,1-2H3. The molecule has 0 unspecified atom stereocenters. The number of benzene rings is 1. The molecule has 0 atom stereocenters. The zero-order valence-electron chi connectivity index (χ0n) is 11.5. The summed E-state index contributed by atoms with van der Waals surface area (Å²) in [7, 11) is 0. The molecule has 0 amide bonds. The first-order valence-electron chi connectivity index (χ1n) is 6.47. The highest BCUT2D eigenvalue weighted by atomic mass is 35.5. The molecule has 0 saturated heterocycles. The van der Waals surface area contributed by atoms with Crippen molar-refractivity contribution < 1.29 is 13.5 Å². The fourth-order valence-corrected chi connectivity index (χ4v) is 1.96. The zero-order chi connectivity index (χ0) is 14.5. The number of hydrogen-bond acceptors (Lipinski definition) is 3. The summed E-state index contributed by atoms with van der Waals surface area (Å²) in [5.41, 5.74) is 0.971. The lowest BCUT2D eigenvalue weighted by molar-refractivity contribution is 0.302. The van der Waals surface area contributed by atoms with Crippen molar-refractivity contribution in [2.75, 3.05) is 6.54 Å². The number of aryl methyl sites for hydroxylation is 1. The van der Waals surface area contributed by atoms with E-state index in [1.807, 2.05) is 19.9 Å². The van der Waals surface area contributed by atoms with E-state index in [0.717, 1.165) is 23.6 Å². The van der Waals surface area contributed by atoms with Gasteiger partial charge in [0.2, 0.25) is 0 Å². The first-order valence-corrected chi connectivity index (χ1v) is 6.84. The van der Waals surface area contributed by atoms with Crippen LogP contribution in [-0.2, 0) is 13.2 Å². The van der Waals surface area contributed by atoms with Gasteiger partial charge in [0, 0.05) is 11.6 Å². The Bertz CT molecular complexity index is 583. The fraction of sp³-hybridized carbons (Fsp3) is 0.333. The van der Waals surface area contributed by atoms with Crippen LogP contribution in [0.25, 0.3) is 0 Å². The Kier molecular flexibility index (Phi) is 5.04. The van der Waals surface area contributed by atoms with Crippen LogP contribution in [0.15, 0.2) is 28.7 Å². The van der Waals surface area contributed by atoms with Gasteiger partial charge in [-0.25, -0.2) is 4.39 Å². The predicted molar refractivity (Wildman–Crippen MR) is 76.6 cm³/mol. The summed E-state index contributed by atoms with van der Waals surface area (Å²) in [6.45, 7) is 5.88. The van der Waals surface area contributed by atoms with Gasteiger partial charge >= 0.3 is 0 Å². The lowest BCUT2D eigenvalue weighted by Crippen LogP contribution is -2.10. The highest BCUT2D eigenvalue weighted by Crippen LogP contribution is 2.23. The minimum absolute atomic E-state index is 0.0549. The van der Waals surface area contributed by atoms with E-state index in [4.69, 9.17) is 20.8 Å². The van der Waals surface area contributed by atoms with Crippen molar-refractivity contribution in [3.63, 3.8) is 0 Å². The van der Waals surface area contributed by atoms with Gasteiger partial charge in [-0.1, -0.05) is 18.5 Å². The predicted octanol–water partition coefficient (Wildman–Crippen LogP) is 4.07. The third-order valence-electron chi connectivity index (χ3n) is 2.91. The van der Waals surface area contributed by atoms with Gasteiger partial charge in [-0.15, -0.1) is 0 Å². The third kappa shape index (κ3) is 3.74. The molecule has 1 aromatic heterocycles. The second-order valence-electron chi connectivity index (χ2n) is 4.44. The van der Waals surface area contributed by atoms with E-state index in [2.05, 4.69) is 5.32 Å². The molecule has 0 aliphatic carbocycles. The van der Waals surface area contributed by atoms with E-state index in [0.29, 0.717) is 18.9 Å². The van der Waals surface area contributed by atoms with Crippen molar-refractivity contribution in [2.45, 2.75) is 27.0 Å². The molecule has 0 fully saturated rings. The summed E-state index contributed by atoms with van der Waals surface area (Å²) in [5, 5.41) is 3.25. The molecule has 5 heteroatoms. The van der Waals surface area contributed by atoms with E-state index >= 15 is 0 Å². The lowest BCUT2D eigenvalue weighted by Gasteiger charge is -2.05. The fourth-order valence-electron chi connectivity index (χ4n) is 1.79. The molecule has 2 aromatic rings. The van der Waals surface area contributed by atoms with Gasteiger partial charge in [0.15, 0.2) is 0 Å². The molecule has 3 nitrogen and oxygen atoms in total. The smallest absolute Gasteiger partial charge is 0.142 e. The van der Waals surface area contributed by atoms with Crippen LogP contribution in [0.3, 0.4) is 0 Å². The summed E-state index contributed by atoms with van der Waals surface area (Å²) in [6, 6.07) is 6.27. The van der Waals surface area contributed by atoms with Gasteiger partial charge in [0.25, 0.3) is 0 Å². The maximum Gasteiger partial charge on any atom is 0.142 e. The Morgan fingerprint density at radius 3 is 2.85 bits per heavy atom. The first kappa shape index (κ1) is 14.9. The molecule has 108 valence electrons. The van der Waals surface area contributed by atoms with Crippen molar-refractivity contribution in [3.8, 4) is 5.75 Å². The summed E-state index contributed by atoms with van der Waals surface area (Å²) < 4.78 is 24.3. The highest BCUT2D eigenvalue weighted by molar-refractivity contribution is 6.30. The van der Waals surface area contributed by atoms with Crippen LogP contribution >= 0.6 is 11.6 Å². The van der Waals surface area contributed by atoms with Crippen molar-refractivity contribution in [2.24, 2.45) is 0 Å². The molecular weight excluding hydrogens is 281 g/mol. The summed E-state index contributed by atoms with van der Waals surface area (Å²) >= 11 is 5.71. The zero-order valence-corrected chi connectivity index (χ0v) is 12.3. The average Bonchev–Trinajstić information content (AvgIpc) is 2.78. The Morgan fingerprint density at radius 2 is 2.15 bits per heavy atom. The van der Waals surface area contributed by atoms with Crippen LogP contribution in [-0.4, -0.2) is 6.54 Å². The highest BCUT2D eigenvalue weighted by Gasteiger charge is 2.08. The second kappa shape index (κ2) is 6.77. The second-order valence-corrected chi connectivity index (χ2v) is 4.85. The number of hydrogen-bond donors (Lipinski definition) is 1. The van der Waals surface area contributed by atoms with Gasteiger partial charge in [-0.3, -0.25) is 0 Å². The number of rotatable bonds is 6. The summed E-state index contributed by atoms with van der Waals surface area (Å²) in [5.74, 6) is 1.78. The Balaban J connectivity index is 1.99. The maximum atomic E-state index is 13.0. The van der Waals surface area contributed by atoms with Gasteiger partial charge in [0.1, 0.15) is 29.7 Å². The largest absolute Gasteiger partial charge is 0.489 e. The first-order chi connectivity index (χ1) is 9.60. The van der Waals surface area contributed by atoms with E-state index in [9.17, 15) is 4.39 Å². The Labute approximate surface area is 122 Å². The van der Waals surface area contributed by atoms with E-state index < -0.39 is 5.82 Å². The topological polar surface area (TPSA) is 34.4 Å². The van der Waals surface area contributed by atoms with Crippen molar-refractivity contribution >= 4 is 11.6 Å². The van der Waals surface area contributed by atoms with Gasteiger partial charge in [-0.05, 0) is 31.7 Å². The quantitative estimate of drug-likeness (QED) is 0.873. The molecule has 1 heterocycles. The lowest BCUT2D eigenvalue weighted by atomic mass is 10.2. The van der Waals surface area contributed by atoms with Crippen molar-refractivity contribution in [1.29, 1.82) is 0 Å². The molecule has 1 aromatic carbocycles. The monoisotopic (exact) mass is 297 g/mol. The molecule has 0 radical (unpaired) electrons. The number of furan rings is 1. The van der Waals surface area contributed by atoms with E-state index in [1.165, 1.54) is 12.1 Å². The molecule has 0 saturated carbocycles. The van der Waals surface area contributed by atoms with Crippen LogP contribution in [0.1, 0.15) is 24.0 Å². The normalized spacial score (nSPS) is 10.8. The maximum absolute atomic E-state index is 13.0. The molecular formula is C15H17ClFNO2. The van der Waals surface area contributed by atoms with E-state index in [1.54, 1.807) is 6.07 Å². The van der Waals surface area contributed by atoms with E-state index in [-0.39, 0.29) is 5.02 Å². The SMILES string of the molecule is CCNCc1cc(COc2ccc(F)c(Cl)c2)c(C)o1. The summed E-state index contributed by atoms with van der Waals surface area (Å²) in [6.07, 6.45) is 0. The van der Waals surface area contributed by atoms with Gasteiger partial charge in [-0.2, -0.15) is 0 Å². The molecule has 0 bridgehead atoms. The summed E-state index contributed by atoms with van der Waals surface area (Å²) in [4.78, 5) is 0. The van der Waals surface area contributed by atoms with Gasteiger partial charge < -0.3 is 14.5 Å². The Morgan fingerprint density at radius 1 is 1.35 bits per heavy atom.